The Morgan fingerprint density at radius 3 is 3.00 bits per heavy atom. The third-order valence-corrected chi connectivity index (χ3v) is 2.73. The molecule has 16 heavy (non-hydrogen) atoms. The Morgan fingerprint density at radius 2 is 2.38 bits per heavy atom. The number of aromatic nitrogens is 2. The Morgan fingerprint density at radius 1 is 1.50 bits per heavy atom. The van der Waals surface area contributed by atoms with Crippen molar-refractivity contribution in [2.75, 3.05) is 5.32 Å². The molecule has 2 N–H and O–H groups in total. The van der Waals surface area contributed by atoms with Crippen molar-refractivity contribution in [2.45, 2.75) is 19.4 Å². The molecular formula is C12H14ClN3. The predicted octanol–water partition coefficient (Wildman–Crippen LogP) is 3.63. The summed E-state index contributed by atoms with van der Waals surface area (Å²) in [6, 6.07) is 8.18. The second-order valence-corrected chi connectivity index (χ2v) is 4.08. The van der Waals surface area contributed by atoms with Crippen LogP contribution in [0.25, 0.3) is 0 Å². The molecule has 0 saturated carbocycles. The zero-order chi connectivity index (χ0) is 11.4. The Kier molecular flexibility index (Phi) is 3.47. The molecule has 0 saturated heterocycles. The van der Waals surface area contributed by atoms with Gasteiger partial charge in [0.15, 0.2) is 0 Å². The second kappa shape index (κ2) is 5.03. The van der Waals surface area contributed by atoms with E-state index in [0.717, 1.165) is 17.1 Å². The summed E-state index contributed by atoms with van der Waals surface area (Å²) in [4.78, 5) is 0. The van der Waals surface area contributed by atoms with Gasteiger partial charge in [-0.25, -0.2) is 0 Å². The number of hydrogen-bond acceptors (Lipinski definition) is 2. The molecule has 0 fully saturated rings. The van der Waals surface area contributed by atoms with Crippen molar-refractivity contribution in [1.82, 2.24) is 10.2 Å². The van der Waals surface area contributed by atoms with Gasteiger partial charge in [0.1, 0.15) is 0 Å². The minimum Gasteiger partial charge on any atom is -0.376 e. The lowest BCUT2D eigenvalue weighted by molar-refractivity contribution is 0.749. The number of anilines is 1. The first-order valence-corrected chi connectivity index (χ1v) is 5.68. The minimum atomic E-state index is 0.260. The molecule has 1 unspecified atom stereocenters. The first-order valence-electron chi connectivity index (χ1n) is 5.30. The van der Waals surface area contributed by atoms with Gasteiger partial charge < -0.3 is 5.32 Å². The van der Waals surface area contributed by atoms with Crippen LogP contribution in [0.5, 0.6) is 0 Å². The fourth-order valence-corrected chi connectivity index (χ4v) is 1.87. The summed E-state index contributed by atoms with van der Waals surface area (Å²) in [6.45, 7) is 2.14. The predicted molar refractivity (Wildman–Crippen MR) is 66.7 cm³/mol. The molecule has 3 nitrogen and oxygen atoms in total. The molecule has 84 valence electrons. The maximum atomic E-state index is 5.98. The van der Waals surface area contributed by atoms with E-state index in [4.69, 9.17) is 11.6 Å². The van der Waals surface area contributed by atoms with Gasteiger partial charge in [0.2, 0.25) is 0 Å². The molecule has 0 amide bonds. The number of aromatic amines is 1. The molecule has 0 bridgehead atoms. The second-order valence-electron chi connectivity index (χ2n) is 3.65. The molecular weight excluding hydrogens is 222 g/mol. The van der Waals surface area contributed by atoms with E-state index in [1.165, 1.54) is 5.56 Å². The summed E-state index contributed by atoms with van der Waals surface area (Å²) < 4.78 is 0. The van der Waals surface area contributed by atoms with Crippen molar-refractivity contribution in [3.63, 3.8) is 0 Å². The highest BCUT2D eigenvalue weighted by Gasteiger charge is 2.09. The summed E-state index contributed by atoms with van der Waals surface area (Å²) in [6.07, 6.45) is 4.60. The van der Waals surface area contributed by atoms with Crippen LogP contribution in [0.15, 0.2) is 36.7 Å². The largest absolute Gasteiger partial charge is 0.376 e. The first-order chi connectivity index (χ1) is 7.79. The lowest BCUT2D eigenvalue weighted by Crippen LogP contribution is -2.08. The standard InChI is InChI=1S/C12H14ClN3/c1-2-12(16-11-7-14-15-8-11)9-4-3-5-10(13)6-9/h3-8,12,16H,2H2,1H3,(H,14,15). The van der Waals surface area contributed by atoms with E-state index >= 15 is 0 Å². The molecule has 1 aromatic carbocycles. The Labute approximate surface area is 99.8 Å². The first kappa shape index (κ1) is 11.0. The minimum absolute atomic E-state index is 0.260. The van der Waals surface area contributed by atoms with Crippen molar-refractivity contribution >= 4 is 17.3 Å². The molecule has 1 heterocycles. The number of H-pyrrole nitrogens is 1. The molecule has 0 spiro atoms. The summed E-state index contributed by atoms with van der Waals surface area (Å²) in [5.41, 5.74) is 2.18. The maximum absolute atomic E-state index is 5.98. The Hall–Kier alpha value is -1.48. The molecule has 0 radical (unpaired) electrons. The molecule has 0 aliphatic rings. The van der Waals surface area contributed by atoms with Gasteiger partial charge in [0.25, 0.3) is 0 Å². The van der Waals surface area contributed by atoms with E-state index in [0.29, 0.717) is 0 Å². The van der Waals surface area contributed by atoms with E-state index in [1.807, 2.05) is 24.4 Å². The maximum Gasteiger partial charge on any atom is 0.0728 e. The molecule has 4 heteroatoms. The highest BCUT2D eigenvalue weighted by Crippen LogP contribution is 2.23. The third-order valence-electron chi connectivity index (χ3n) is 2.50. The Balaban J connectivity index is 2.16. The van der Waals surface area contributed by atoms with Crippen LogP contribution >= 0.6 is 11.6 Å². The lowest BCUT2D eigenvalue weighted by atomic mass is 10.0. The number of benzene rings is 1. The topological polar surface area (TPSA) is 40.7 Å². The van der Waals surface area contributed by atoms with E-state index < -0.39 is 0 Å². The summed E-state index contributed by atoms with van der Waals surface area (Å²) in [5.74, 6) is 0. The van der Waals surface area contributed by atoms with E-state index in [-0.39, 0.29) is 6.04 Å². The quantitative estimate of drug-likeness (QED) is 0.850. The van der Waals surface area contributed by atoms with Crippen LogP contribution in [0, 0.1) is 0 Å². The fraction of sp³-hybridized carbons (Fsp3) is 0.250. The van der Waals surface area contributed by atoms with Crippen LogP contribution in [0.3, 0.4) is 0 Å². The zero-order valence-electron chi connectivity index (χ0n) is 9.07. The van der Waals surface area contributed by atoms with Crippen LogP contribution in [0.2, 0.25) is 5.02 Å². The van der Waals surface area contributed by atoms with Gasteiger partial charge in [-0.05, 0) is 24.1 Å². The van der Waals surface area contributed by atoms with Crippen molar-refractivity contribution in [3.8, 4) is 0 Å². The van der Waals surface area contributed by atoms with Crippen LogP contribution in [0.1, 0.15) is 24.9 Å². The molecule has 2 rings (SSSR count). The summed E-state index contributed by atoms with van der Waals surface area (Å²) in [5, 5.41) is 10.9. The van der Waals surface area contributed by atoms with E-state index in [9.17, 15) is 0 Å². The number of hydrogen-bond donors (Lipinski definition) is 2. The lowest BCUT2D eigenvalue weighted by Gasteiger charge is -2.17. The van der Waals surface area contributed by atoms with Crippen molar-refractivity contribution in [2.24, 2.45) is 0 Å². The number of nitrogens with zero attached hydrogens (tertiary/aromatic N) is 1. The van der Waals surface area contributed by atoms with Crippen molar-refractivity contribution in [3.05, 3.63) is 47.2 Å². The normalized spacial score (nSPS) is 12.4. The molecule has 0 aliphatic heterocycles. The van der Waals surface area contributed by atoms with Gasteiger partial charge in [-0.2, -0.15) is 5.10 Å². The average Bonchev–Trinajstić information content (AvgIpc) is 2.78. The van der Waals surface area contributed by atoms with Crippen molar-refractivity contribution in [1.29, 1.82) is 0 Å². The van der Waals surface area contributed by atoms with Crippen molar-refractivity contribution < 1.29 is 0 Å². The van der Waals surface area contributed by atoms with Gasteiger partial charge in [-0.3, -0.25) is 5.10 Å². The third kappa shape index (κ3) is 2.55. The van der Waals surface area contributed by atoms with Gasteiger partial charge in [-0.1, -0.05) is 30.7 Å². The smallest absolute Gasteiger partial charge is 0.0728 e. The number of rotatable bonds is 4. The molecule has 0 aliphatic carbocycles. The van der Waals surface area contributed by atoms with Gasteiger partial charge in [-0.15, -0.1) is 0 Å². The average molecular weight is 236 g/mol. The number of halogens is 1. The Bertz CT molecular complexity index is 439. The van der Waals surface area contributed by atoms with E-state index in [1.54, 1.807) is 6.20 Å². The highest BCUT2D eigenvalue weighted by molar-refractivity contribution is 6.30. The monoisotopic (exact) mass is 235 g/mol. The van der Waals surface area contributed by atoms with Gasteiger partial charge in [0.05, 0.1) is 17.9 Å². The van der Waals surface area contributed by atoms with Crippen LogP contribution in [0.4, 0.5) is 5.69 Å². The number of nitrogens with one attached hydrogen (secondary N) is 2. The van der Waals surface area contributed by atoms with Gasteiger partial charge >= 0.3 is 0 Å². The SMILES string of the molecule is CCC(Nc1cn[nH]c1)c1cccc(Cl)c1. The summed E-state index contributed by atoms with van der Waals surface area (Å²) >= 11 is 5.98. The summed E-state index contributed by atoms with van der Waals surface area (Å²) in [7, 11) is 0. The van der Waals surface area contributed by atoms with Crippen LogP contribution in [-0.2, 0) is 0 Å². The van der Waals surface area contributed by atoms with Crippen LogP contribution in [-0.4, -0.2) is 10.2 Å². The zero-order valence-corrected chi connectivity index (χ0v) is 9.83. The van der Waals surface area contributed by atoms with E-state index in [2.05, 4.69) is 28.5 Å². The van der Waals surface area contributed by atoms with Crippen LogP contribution < -0.4 is 5.32 Å². The van der Waals surface area contributed by atoms with Gasteiger partial charge in [0, 0.05) is 11.2 Å². The molecule has 1 aromatic heterocycles. The fourth-order valence-electron chi connectivity index (χ4n) is 1.68. The highest BCUT2D eigenvalue weighted by atomic mass is 35.5. The molecule has 2 aromatic rings. The molecule has 1 atom stereocenters.